The zero-order valence-electron chi connectivity index (χ0n) is 11.0. The van der Waals surface area contributed by atoms with Gasteiger partial charge in [-0.2, -0.15) is 0 Å². The summed E-state index contributed by atoms with van der Waals surface area (Å²) in [7, 11) is 0. The summed E-state index contributed by atoms with van der Waals surface area (Å²) in [5.74, 6) is -0.808. The van der Waals surface area contributed by atoms with E-state index in [-0.39, 0.29) is 5.25 Å². The molecule has 0 bridgehead atoms. The number of hydrogen-bond donors (Lipinski definition) is 2. The van der Waals surface area contributed by atoms with E-state index in [1.807, 2.05) is 32.0 Å². The van der Waals surface area contributed by atoms with Gasteiger partial charge in [-0.25, -0.2) is 4.98 Å². The number of carbonyl (C=O) groups is 1. The summed E-state index contributed by atoms with van der Waals surface area (Å²) in [6.07, 6.45) is 2.30. The van der Waals surface area contributed by atoms with Gasteiger partial charge >= 0.3 is 5.97 Å². The number of carboxylic acids is 1. The first-order valence-electron chi connectivity index (χ1n) is 6.04. The molecule has 0 radical (unpaired) electrons. The Morgan fingerprint density at radius 1 is 1.61 bits per heavy atom. The zero-order chi connectivity index (χ0) is 13.6. The molecular weight excluding hydrogens is 248 g/mol. The number of nitrogens with zero attached hydrogens (tertiary/aromatic N) is 1. The number of rotatable bonds is 7. The molecule has 2 unspecified atom stereocenters. The van der Waals surface area contributed by atoms with Gasteiger partial charge in [-0.05, 0) is 32.0 Å². The molecule has 0 aliphatic rings. The maximum atomic E-state index is 11.3. The van der Waals surface area contributed by atoms with Gasteiger partial charge in [-0.15, -0.1) is 11.8 Å². The van der Waals surface area contributed by atoms with E-state index in [0.717, 1.165) is 5.03 Å². The highest BCUT2D eigenvalue weighted by atomic mass is 32.2. The Labute approximate surface area is 112 Å². The number of thioether (sulfide) groups is 1. The number of likely N-dealkylation sites (N-methyl/N-ethyl adjacent to an activating group) is 1. The van der Waals surface area contributed by atoms with Crippen LogP contribution in [0, 0.1) is 0 Å². The third kappa shape index (κ3) is 4.31. The molecule has 18 heavy (non-hydrogen) atoms. The third-order valence-electron chi connectivity index (χ3n) is 2.69. The summed E-state index contributed by atoms with van der Waals surface area (Å²) in [4.78, 5) is 15.5. The second-order valence-electron chi connectivity index (χ2n) is 4.47. The first kappa shape index (κ1) is 15.0. The first-order valence-corrected chi connectivity index (χ1v) is 6.92. The Bertz CT molecular complexity index is 386. The van der Waals surface area contributed by atoms with E-state index >= 15 is 0 Å². The van der Waals surface area contributed by atoms with Crippen LogP contribution in [0.2, 0.25) is 0 Å². The molecule has 0 aromatic carbocycles. The Hall–Kier alpha value is -1.07. The van der Waals surface area contributed by atoms with Gasteiger partial charge in [-0.1, -0.05) is 19.9 Å². The summed E-state index contributed by atoms with van der Waals surface area (Å²) in [6, 6.07) is 5.74. The lowest BCUT2D eigenvalue weighted by atomic mass is 9.96. The molecule has 1 aromatic heterocycles. The van der Waals surface area contributed by atoms with Crippen LogP contribution in [-0.2, 0) is 4.79 Å². The Morgan fingerprint density at radius 2 is 2.33 bits per heavy atom. The van der Waals surface area contributed by atoms with E-state index in [0.29, 0.717) is 13.0 Å². The zero-order valence-corrected chi connectivity index (χ0v) is 11.8. The summed E-state index contributed by atoms with van der Waals surface area (Å²) in [5, 5.41) is 13.4. The third-order valence-corrected chi connectivity index (χ3v) is 3.75. The van der Waals surface area contributed by atoms with Gasteiger partial charge in [-0.3, -0.25) is 4.79 Å². The van der Waals surface area contributed by atoms with Crippen molar-refractivity contribution in [2.75, 3.05) is 6.54 Å². The van der Waals surface area contributed by atoms with Gasteiger partial charge in [0.25, 0.3) is 0 Å². The topological polar surface area (TPSA) is 62.2 Å². The maximum absolute atomic E-state index is 11.3. The minimum Gasteiger partial charge on any atom is -0.480 e. The summed E-state index contributed by atoms with van der Waals surface area (Å²) in [6.45, 7) is 6.31. The monoisotopic (exact) mass is 268 g/mol. The lowest BCUT2D eigenvalue weighted by Crippen LogP contribution is -2.50. The van der Waals surface area contributed by atoms with Gasteiger partial charge in [0.15, 0.2) is 0 Å². The molecule has 1 aromatic rings. The normalized spacial score (nSPS) is 15.9. The van der Waals surface area contributed by atoms with Crippen molar-refractivity contribution in [2.24, 2.45) is 0 Å². The van der Waals surface area contributed by atoms with E-state index in [4.69, 9.17) is 0 Å². The Balaban J connectivity index is 2.62. The lowest BCUT2D eigenvalue weighted by Gasteiger charge is -2.28. The molecule has 0 aliphatic heterocycles. The number of nitrogens with one attached hydrogen (secondary N) is 1. The maximum Gasteiger partial charge on any atom is 0.323 e. The van der Waals surface area contributed by atoms with E-state index in [1.54, 1.807) is 24.9 Å². The lowest BCUT2D eigenvalue weighted by molar-refractivity contribution is -0.144. The fourth-order valence-corrected chi connectivity index (χ4v) is 2.97. The average molecular weight is 268 g/mol. The smallest absolute Gasteiger partial charge is 0.323 e. The molecule has 0 saturated heterocycles. The number of aliphatic carboxylic acids is 1. The van der Waals surface area contributed by atoms with Crippen LogP contribution < -0.4 is 5.32 Å². The fourth-order valence-electron chi connectivity index (χ4n) is 1.86. The van der Waals surface area contributed by atoms with Crippen LogP contribution in [0.1, 0.15) is 27.2 Å². The molecule has 0 fully saturated rings. The first-order chi connectivity index (χ1) is 8.48. The number of carboxylic acid groups (broad SMARTS) is 1. The second-order valence-corrected chi connectivity index (χ2v) is 5.93. The van der Waals surface area contributed by atoms with Gasteiger partial charge in [0, 0.05) is 11.4 Å². The van der Waals surface area contributed by atoms with Crippen molar-refractivity contribution in [1.82, 2.24) is 10.3 Å². The molecule has 4 nitrogen and oxygen atoms in total. The van der Waals surface area contributed by atoms with Crippen molar-refractivity contribution >= 4 is 17.7 Å². The van der Waals surface area contributed by atoms with Gasteiger partial charge in [0.05, 0.1) is 5.03 Å². The number of aromatic nitrogens is 1. The van der Waals surface area contributed by atoms with Crippen molar-refractivity contribution in [3.05, 3.63) is 24.4 Å². The van der Waals surface area contributed by atoms with E-state index in [9.17, 15) is 9.90 Å². The van der Waals surface area contributed by atoms with Crippen LogP contribution in [0.25, 0.3) is 0 Å². The molecule has 0 amide bonds. The van der Waals surface area contributed by atoms with E-state index in [1.165, 1.54) is 0 Å². The van der Waals surface area contributed by atoms with Gasteiger partial charge < -0.3 is 10.4 Å². The Kier molecular flexibility index (Phi) is 5.62. The van der Waals surface area contributed by atoms with Crippen LogP contribution in [-0.4, -0.2) is 33.4 Å². The quantitative estimate of drug-likeness (QED) is 0.744. The molecular formula is C13H20N2O2S. The SMILES string of the molecule is CCNC(C)(CC(C)Sc1ccccn1)C(=O)O. The molecule has 2 atom stereocenters. The molecule has 0 saturated carbocycles. The number of hydrogen-bond acceptors (Lipinski definition) is 4. The van der Waals surface area contributed by atoms with Crippen molar-refractivity contribution < 1.29 is 9.90 Å². The highest BCUT2D eigenvalue weighted by molar-refractivity contribution is 7.99. The van der Waals surface area contributed by atoms with E-state index in [2.05, 4.69) is 10.3 Å². The molecule has 0 spiro atoms. The van der Waals surface area contributed by atoms with Gasteiger partial charge in [0.1, 0.15) is 5.54 Å². The van der Waals surface area contributed by atoms with Crippen molar-refractivity contribution in [3.63, 3.8) is 0 Å². The second kappa shape index (κ2) is 6.75. The molecule has 1 rings (SSSR count). The molecule has 5 heteroatoms. The highest BCUT2D eigenvalue weighted by Gasteiger charge is 2.33. The van der Waals surface area contributed by atoms with Crippen LogP contribution in [0.4, 0.5) is 0 Å². The molecule has 0 aliphatic carbocycles. The Morgan fingerprint density at radius 3 is 2.83 bits per heavy atom. The van der Waals surface area contributed by atoms with Crippen LogP contribution in [0.3, 0.4) is 0 Å². The van der Waals surface area contributed by atoms with Crippen molar-refractivity contribution in [1.29, 1.82) is 0 Å². The van der Waals surface area contributed by atoms with Gasteiger partial charge in [0.2, 0.25) is 0 Å². The minimum absolute atomic E-state index is 0.181. The number of pyridine rings is 1. The standard InChI is InChI=1S/C13H20N2O2S/c1-4-15-13(3,12(16)17)9-10(2)18-11-7-5-6-8-14-11/h5-8,10,15H,4,9H2,1-3H3,(H,16,17). The van der Waals surface area contributed by atoms with Crippen LogP contribution >= 0.6 is 11.8 Å². The molecule has 100 valence electrons. The minimum atomic E-state index is -0.879. The molecule has 1 heterocycles. The predicted molar refractivity (Wildman–Crippen MR) is 73.9 cm³/mol. The van der Waals surface area contributed by atoms with Crippen LogP contribution in [0.5, 0.6) is 0 Å². The summed E-state index contributed by atoms with van der Waals surface area (Å²) < 4.78 is 0. The average Bonchev–Trinajstić information content (AvgIpc) is 2.30. The van der Waals surface area contributed by atoms with Crippen LogP contribution in [0.15, 0.2) is 29.4 Å². The van der Waals surface area contributed by atoms with Crippen molar-refractivity contribution in [2.45, 2.75) is 43.0 Å². The fraction of sp³-hybridized carbons (Fsp3) is 0.538. The predicted octanol–water partition coefficient (Wildman–Crippen LogP) is 2.41. The highest BCUT2D eigenvalue weighted by Crippen LogP contribution is 2.27. The molecule has 2 N–H and O–H groups in total. The largest absolute Gasteiger partial charge is 0.480 e. The van der Waals surface area contributed by atoms with Crippen molar-refractivity contribution in [3.8, 4) is 0 Å². The van der Waals surface area contributed by atoms with E-state index < -0.39 is 11.5 Å². The summed E-state index contributed by atoms with van der Waals surface area (Å²) in [5.41, 5.74) is -0.879. The summed E-state index contributed by atoms with van der Waals surface area (Å²) >= 11 is 1.60.